The van der Waals surface area contributed by atoms with Gasteiger partial charge in [0.2, 0.25) is 5.76 Å². The summed E-state index contributed by atoms with van der Waals surface area (Å²) in [5.74, 6) is -3.21. The van der Waals surface area contributed by atoms with Gasteiger partial charge >= 0.3 is 17.9 Å². The lowest BCUT2D eigenvalue weighted by Gasteiger charge is -2.21. The Labute approximate surface area is 335 Å². The van der Waals surface area contributed by atoms with Crippen LogP contribution < -0.4 is 0 Å². The SMILES string of the molecule is CC.CCCCC/C=C\C/C=C\CCCCCCCC(=O)OC1=C(OC(=O)CCCCCCC/C=C\C/C=C\CCCCC)C(C2COC(C)(C)O2)OC1=O. The van der Waals surface area contributed by atoms with E-state index in [0.717, 1.165) is 77.0 Å². The summed E-state index contributed by atoms with van der Waals surface area (Å²) in [6.45, 7) is 12.1. The maximum absolute atomic E-state index is 12.9. The largest absolute Gasteiger partial charge is 0.445 e. The van der Waals surface area contributed by atoms with Crippen molar-refractivity contribution in [3.05, 3.63) is 60.1 Å². The molecule has 314 valence electrons. The van der Waals surface area contributed by atoms with E-state index in [1.165, 1.54) is 51.4 Å². The topological polar surface area (TPSA) is 97.4 Å². The van der Waals surface area contributed by atoms with E-state index in [2.05, 4.69) is 62.5 Å². The lowest BCUT2D eigenvalue weighted by atomic mass is 10.1. The lowest BCUT2D eigenvalue weighted by Crippen LogP contribution is -2.34. The zero-order valence-electron chi connectivity index (χ0n) is 35.7. The molecule has 2 unspecified atom stereocenters. The molecule has 55 heavy (non-hydrogen) atoms. The molecule has 0 saturated carbocycles. The average Bonchev–Trinajstić information content (AvgIpc) is 3.69. The Morgan fingerprint density at radius 2 is 1.04 bits per heavy atom. The van der Waals surface area contributed by atoms with Crippen LogP contribution in [0.1, 0.15) is 196 Å². The van der Waals surface area contributed by atoms with Crippen LogP contribution in [0.3, 0.4) is 0 Å². The predicted octanol–water partition coefficient (Wildman–Crippen LogP) is 13.0. The molecule has 2 rings (SSSR count). The number of hydrogen-bond acceptors (Lipinski definition) is 8. The minimum atomic E-state index is -1.03. The van der Waals surface area contributed by atoms with Gasteiger partial charge in [0, 0.05) is 12.8 Å². The van der Waals surface area contributed by atoms with Crippen LogP contribution in [0.15, 0.2) is 60.1 Å². The van der Waals surface area contributed by atoms with E-state index in [0.29, 0.717) is 12.8 Å². The molecule has 0 bridgehead atoms. The summed E-state index contributed by atoms with van der Waals surface area (Å²) < 4.78 is 28.3. The highest BCUT2D eigenvalue weighted by molar-refractivity contribution is 5.93. The summed E-state index contributed by atoms with van der Waals surface area (Å²) in [6, 6.07) is 0. The van der Waals surface area contributed by atoms with Crippen LogP contribution in [0.25, 0.3) is 0 Å². The molecule has 0 aromatic heterocycles. The van der Waals surface area contributed by atoms with Gasteiger partial charge < -0.3 is 23.7 Å². The number of carbonyl (C=O) groups is 3. The van der Waals surface area contributed by atoms with Crippen molar-refractivity contribution in [2.24, 2.45) is 0 Å². The number of rotatable bonds is 31. The molecule has 0 amide bonds. The minimum absolute atomic E-state index is 0.0951. The van der Waals surface area contributed by atoms with Gasteiger partial charge in [-0.05, 0) is 90.9 Å². The summed E-state index contributed by atoms with van der Waals surface area (Å²) in [4.78, 5) is 38.6. The fourth-order valence-electron chi connectivity index (χ4n) is 6.26. The number of carbonyl (C=O) groups excluding carboxylic acids is 3. The Balaban J connectivity index is 0.00000743. The van der Waals surface area contributed by atoms with Crippen LogP contribution in [0.4, 0.5) is 0 Å². The van der Waals surface area contributed by atoms with Gasteiger partial charge in [0.05, 0.1) is 6.61 Å². The van der Waals surface area contributed by atoms with Gasteiger partial charge in [0.15, 0.2) is 11.9 Å². The Morgan fingerprint density at radius 3 is 1.47 bits per heavy atom. The first kappa shape index (κ1) is 50.0. The van der Waals surface area contributed by atoms with Gasteiger partial charge in [-0.1, -0.05) is 141 Å². The molecule has 8 heteroatoms. The van der Waals surface area contributed by atoms with Crippen LogP contribution in [0.2, 0.25) is 0 Å². The van der Waals surface area contributed by atoms with Crippen molar-refractivity contribution in [1.29, 1.82) is 0 Å². The summed E-state index contributed by atoms with van der Waals surface area (Å²) in [5, 5.41) is 0. The summed E-state index contributed by atoms with van der Waals surface area (Å²) in [7, 11) is 0. The quantitative estimate of drug-likeness (QED) is 0.0297. The molecule has 2 aliphatic rings. The van der Waals surface area contributed by atoms with E-state index in [9.17, 15) is 14.4 Å². The first-order valence-electron chi connectivity index (χ1n) is 22.1. The molecule has 2 atom stereocenters. The number of ether oxygens (including phenoxy) is 5. The Bertz CT molecular complexity index is 1180. The highest BCUT2D eigenvalue weighted by Crippen LogP contribution is 2.34. The van der Waals surface area contributed by atoms with Crippen molar-refractivity contribution in [3.63, 3.8) is 0 Å². The summed E-state index contributed by atoms with van der Waals surface area (Å²) in [5.41, 5.74) is 0. The number of allylic oxidation sites excluding steroid dienone is 8. The fourth-order valence-corrected chi connectivity index (χ4v) is 6.26. The van der Waals surface area contributed by atoms with E-state index < -0.39 is 35.9 Å². The van der Waals surface area contributed by atoms with E-state index in [1.807, 2.05) is 13.8 Å². The predicted molar refractivity (Wildman–Crippen MR) is 224 cm³/mol. The van der Waals surface area contributed by atoms with Crippen molar-refractivity contribution >= 4 is 17.9 Å². The van der Waals surface area contributed by atoms with Crippen LogP contribution in [0, 0.1) is 0 Å². The number of cyclic esters (lactones) is 1. The van der Waals surface area contributed by atoms with Crippen LogP contribution >= 0.6 is 0 Å². The van der Waals surface area contributed by atoms with Crippen molar-refractivity contribution < 1.29 is 38.1 Å². The summed E-state index contributed by atoms with van der Waals surface area (Å²) >= 11 is 0. The first-order chi connectivity index (χ1) is 26.8. The molecule has 0 aromatic rings. The molecule has 2 aliphatic heterocycles. The van der Waals surface area contributed by atoms with Crippen LogP contribution in [0.5, 0.6) is 0 Å². The second kappa shape index (κ2) is 33.2. The zero-order valence-corrected chi connectivity index (χ0v) is 35.7. The van der Waals surface area contributed by atoms with Crippen molar-refractivity contribution in [1.82, 2.24) is 0 Å². The van der Waals surface area contributed by atoms with Gasteiger partial charge in [-0.15, -0.1) is 0 Å². The van der Waals surface area contributed by atoms with Gasteiger partial charge in [0.1, 0.15) is 6.10 Å². The maximum Gasteiger partial charge on any atom is 0.378 e. The highest BCUT2D eigenvalue weighted by atomic mass is 16.8. The molecule has 1 fully saturated rings. The van der Waals surface area contributed by atoms with Gasteiger partial charge in [-0.25, -0.2) is 4.79 Å². The van der Waals surface area contributed by atoms with Gasteiger partial charge in [-0.2, -0.15) is 0 Å². The second-order valence-electron chi connectivity index (χ2n) is 14.8. The van der Waals surface area contributed by atoms with Crippen molar-refractivity contribution in [2.45, 2.75) is 214 Å². The number of unbranched alkanes of at least 4 members (excludes halogenated alkanes) is 16. The number of esters is 3. The monoisotopic (exact) mass is 771 g/mol. The van der Waals surface area contributed by atoms with E-state index in [4.69, 9.17) is 23.7 Å². The normalized spacial score (nSPS) is 18.2. The first-order valence-corrected chi connectivity index (χ1v) is 22.1. The Morgan fingerprint density at radius 1 is 0.618 bits per heavy atom. The van der Waals surface area contributed by atoms with E-state index in [1.54, 1.807) is 13.8 Å². The van der Waals surface area contributed by atoms with Crippen molar-refractivity contribution in [3.8, 4) is 0 Å². The molecule has 2 heterocycles. The molecule has 8 nitrogen and oxygen atoms in total. The zero-order chi connectivity index (χ0) is 40.4. The summed E-state index contributed by atoms with van der Waals surface area (Å²) in [6.07, 6.45) is 40.4. The molecule has 1 saturated heterocycles. The standard InChI is InChI=1S/C45H72O8.C2H6/c1-5-7-9-11-13-15-17-19-21-23-25-27-29-31-33-35-39(46)50-42-41(38-37-49-45(3,4)53-38)52-44(48)43(42)51-40(47)36-34-32-30-28-26-24-22-20-18-16-14-12-10-8-6-2;1-2/h13-16,19-22,38,41H,5-12,17-18,23-37H2,1-4H3;1-2H3/b15-13-,16-14-,21-19-,22-20-;. The third kappa shape index (κ3) is 25.0. The molecule has 0 N–H and O–H groups in total. The van der Waals surface area contributed by atoms with E-state index in [-0.39, 0.29) is 31.0 Å². The van der Waals surface area contributed by atoms with Gasteiger partial charge in [-0.3, -0.25) is 9.59 Å². The number of hydrogen-bond donors (Lipinski definition) is 0. The van der Waals surface area contributed by atoms with Gasteiger partial charge in [0.25, 0.3) is 5.76 Å². The Kier molecular flexibility index (Phi) is 30.2. The molecule has 0 aromatic carbocycles. The molecule has 0 spiro atoms. The van der Waals surface area contributed by atoms with Crippen molar-refractivity contribution in [2.75, 3.05) is 6.61 Å². The fraction of sp³-hybridized carbons (Fsp3) is 0.723. The highest BCUT2D eigenvalue weighted by Gasteiger charge is 2.49. The smallest absolute Gasteiger partial charge is 0.378 e. The molecule has 0 aliphatic carbocycles. The molecular weight excluding hydrogens is 693 g/mol. The lowest BCUT2D eigenvalue weighted by molar-refractivity contribution is -0.165. The second-order valence-corrected chi connectivity index (χ2v) is 14.8. The third-order valence-electron chi connectivity index (χ3n) is 9.37. The third-order valence-corrected chi connectivity index (χ3v) is 9.37. The maximum atomic E-state index is 12.9. The molecular formula is C47H78O8. The average molecular weight is 771 g/mol. The van der Waals surface area contributed by atoms with Crippen LogP contribution in [-0.2, 0) is 38.1 Å². The minimum Gasteiger partial charge on any atom is -0.445 e. The van der Waals surface area contributed by atoms with E-state index >= 15 is 0 Å². The molecule has 0 radical (unpaired) electrons. The Hall–Kier alpha value is -2.97. The van der Waals surface area contributed by atoms with Crippen LogP contribution in [-0.4, -0.2) is 42.5 Å².